The van der Waals surface area contributed by atoms with Crippen LogP contribution in [0.5, 0.6) is 0 Å². The van der Waals surface area contributed by atoms with Crippen molar-refractivity contribution in [3.63, 3.8) is 0 Å². The fourth-order valence-corrected chi connectivity index (χ4v) is 2.87. The van der Waals surface area contributed by atoms with Gasteiger partial charge in [0, 0.05) is 12.6 Å². The van der Waals surface area contributed by atoms with Crippen LogP contribution in [0.25, 0.3) is 0 Å². The highest BCUT2D eigenvalue weighted by molar-refractivity contribution is 8.18. The summed E-state index contributed by atoms with van der Waals surface area (Å²) in [6, 6.07) is 5.00. The maximum Gasteiger partial charge on any atom is 0.264 e. The van der Waals surface area contributed by atoms with Crippen LogP contribution in [-0.4, -0.2) is 23.5 Å². The van der Waals surface area contributed by atoms with E-state index in [1.165, 1.54) is 6.08 Å². The molecule has 1 aliphatic rings. The van der Waals surface area contributed by atoms with Gasteiger partial charge in [-0.05, 0) is 30.8 Å². The van der Waals surface area contributed by atoms with Crippen molar-refractivity contribution in [3.05, 3.63) is 51.4 Å². The van der Waals surface area contributed by atoms with Crippen molar-refractivity contribution in [3.8, 4) is 0 Å². The molecule has 5 nitrogen and oxygen atoms in total. The van der Waals surface area contributed by atoms with Crippen LogP contribution in [0.4, 0.5) is 5.69 Å². The SMILES string of the molecule is C=C(C)CNC(=O)/C=C1\SC(=Nc2c(Cl)cccc2Cl)NC1=O. The van der Waals surface area contributed by atoms with Crippen molar-refractivity contribution in [2.45, 2.75) is 6.92 Å². The second-order valence-corrected chi connectivity index (χ2v) is 6.57. The second kappa shape index (κ2) is 7.68. The molecular weight excluding hydrogens is 357 g/mol. The lowest BCUT2D eigenvalue weighted by Crippen LogP contribution is -2.24. The minimum Gasteiger partial charge on any atom is -0.349 e. The number of para-hydroxylation sites is 1. The van der Waals surface area contributed by atoms with E-state index in [0.29, 0.717) is 27.4 Å². The summed E-state index contributed by atoms with van der Waals surface area (Å²) in [4.78, 5) is 28.1. The van der Waals surface area contributed by atoms with Crippen LogP contribution in [0, 0.1) is 0 Å². The number of halogens is 2. The van der Waals surface area contributed by atoms with E-state index in [9.17, 15) is 9.59 Å². The Balaban J connectivity index is 2.15. The van der Waals surface area contributed by atoms with E-state index in [4.69, 9.17) is 23.2 Å². The van der Waals surface area contributed by atoms with Crippen LogP contribution in [0.1, 0.15) is 6.92 Å². The van der Waals surface area contributed by atoms with Gasteiger partial charge < -0.3 is 10.6 Å². The van der Waals surface area contributed by atoms with Gasteiger partial charge in [0.2, 0.25) is 5.91 Å². The van der Waals surface area contributed by atoms with Crippen molar-refractivity contribution in [2.75, 3.05) is 6.54 Å². The average Bonchev–Trinajstić information content (AvgIpc) is 2.81. The van der Waals surface area contributed by atoms with E-state index in [-0.39, 0.29) is 10.8 Å². The Morgan fingerprint density at radius 3 is 2.70 bits per heavy atom. The molecule has 0 aliphatic carbocycles. The molecule has 0 radical (unpaired) electrons. The average molecular weight is 370 g/mol. The lowest BCUT2D eigenvalue weighted by Gasteiger charge is -2.01. The number of nitrogens with zero attached hydrogens (tertiary/aromatic N) is 1. The molecule has 0 saturated carbocycles. The first-order valence-electron chi connectivity index (χ1n) is 6.52. The number of aliphatic imine (C=N–C) groups is 1. The fraction of sp³-hybridized carbons (Fsp3) is 0.133. The van der Waals surface area contributed by atoms with Gasteiger partial charge >= 0.3 is 0 Å². The molecule has 1 aromatic rings. The van der Waals surface area contributed by atoms with Gasteiger partial charge in [0.25, 0.3) is 5.91 Å². The topological polar surface area (TPSA) is 70.6 Å². The molecule has 0 aromatic heterocycles. The van der Waals surface area contributed by atoms with Gasteiger partial charge in [-0.3, -0.25) is 9.59 Å². The van der Waals surface area contributed by atoms with Crippen LogP contribution in [0.2, 0.25) is 10.0 Å². The quantitative estimate of drug-likeness (QED) is 0.630. The highest BCUT2D eigenvalue weighted by Crippen LogP contribution is 2.35. The summed E-state index contributed by atoms with van der Waals surface area (Å²) in [6.07, 6.45) is 1.22. The molecule has 0 spiro atoms. The Morgan fingerprint density at radius 2 is 2.09 bits per heavy atom. The van der Waals surface area contributed by atoms with Crippen molar-refractivity contribution >= 4 is 57.6 Å². The number of nitrogens with one attached hydrogen (secondary N) is 2. The Kier molecular flexibility index (Phi) is 5.87. The third-order valence-corrected chi connectivity index (χ3v) is 4.15. The van der Waals surface area contributed by atoms with Gasteiger partial charge in [-0.15, -0.1) is 0 Å². The summed E-state index contributed by atoms with van der Waals surface area (Å²) in [5, 5.41) is 6.24. The molecule has 8 heteroatoms. The van der Waals surface area contributed by atoms with Gasteiger partial charge in [0.15, 0.2) is 5.17 Å². The number of amidine groups is 1. The number of amides is 2. The minimum absolute atomic E-state index is 0.242. The zero-order valence-corrected chi connectivity index (χ0v) is 14.5. The highest BCUT2D eigenvalue weighted by Gasteiger charge is 2.25. The molecular formula is C15H13Cl2N3O2S. The maximum atomic E-state index is 11.9. The molecule has 2 amide bonds. The maximum absolute atomic E-state index is 11.9. The molecule has 0 atom stereocenters. The third kappa shape index (κ3) is 4.86. The zero-order valence-electron chi connectivity index (χ0n) is 12.2. The molecule has 0 unspecified atom stereocenters. The van der Waals surface area contributed by atoms with Gasteiger partial charge in [-0.2, -0.15) is 0 Å². The normalized spacial score (nSPS) is 17.4. The number of carbonyl (C=O) groups is 2. The van der Waals surface area contributed by atoms with Crippen molar-refractivity contribution in [2.24, 2.45) is 4.99 Å². The first-order chi connectivity index (χ1) is 10.9. The van der Waals surface area contributed by atoms with Gasteiger partial charge in [0.1, 0.15) is 5.69 Å². The summed E-state index contributed by atoms with van der Waals surface area (Å²) in [5.41, 5.74) is 1.18. The molecule has 23 heavy (non-hydrogen) atoms. The van der Waals surface area contributed by atoms with Crippen LogP contribution in [0.3, 0.4) is 0 Å². The molecule has 1 fully saturated rings. The zero-order chi connectivity index (χ0) is 17.0. The van der Waals surface area contributed by atoms with E-state index in [1.807, 2.05) is 0 Å². The fourth-order valence-electron chi connectivity index (χ4n) is 1.59. The predicted octanol–water partition coefficient (Wildman–Crippen LogP) is 3.42. The van der Waals surface area contributed by atoms with E-state index in [0.717, 1.165) is 17.3 Å². The lowest BCUT2D eigenvalue weighted by atomic mass is 10.3. The van der Waals surface area contributed by atoms with E-state index in [2.05, 4.69) is 22.2 Å². The second-order valence-electron chi connectivity index (χ2n) is 4.73. The Bertz CT molecular complexity index is 724. The Labute approximate surface area is 147 Å². The first kappa shape index (κ1) is 17.6. The summed E-state index contributed by atoms with van der Waals surface area (Å²) in [5.74, 6) is -0.773. The van der Waals surface area contributed by atoms with Crippen LogP contribution >= 0.6 is 35.0 Å². The summed E-state index contributed by atoms with van der Waals surface area (Å²) in [6.45, 7) is 5.83. The van der Waals surface area contributed by atoms with Gasteiger partial charge in [-0.1, -0.05) is 41.4 Å². The predicted molar refractivity (Wildman–Crippen MR) is 95.2 cm³/mol. The standard InChI is InChI=1S/C15H13Cl2N3O2S/c1-8(2)7-18-12(21)6-11-14(22)20-15(23-11)19-13-9(16)4-3-5-10(13)17/h3-6H,1,7H2,2H3,(H,18,21)(H,19,20,22)/b11-6-. The van der Waals surface area contributed by atoms with E-state index >= 15 is 0 Å². The Hall–Kier alpha value is -1.76. The van der Waals surface area contributed by atoms with Gasteiger partial charge in [-0.25, -0.2) is 4.99 Å². The van der Waals surface area contributed by atoms with Crippen molar-refractivity contribution in [1.82, 2.24) is 10.6 Å². The summed E-state index contributed by atoms with van der Waals surface area (Å²) < 4.78 is 0. The third-order valence-electron chi connectivity index (χ3n) is 2.63. The largest absolute Gasteiger partial charge is 0.349 e. The van der Waals surface area contributed by atoms with Crippen LogP contribution in [0.15, 0.2) is 46.3 Å². The smallest absolute Gasteiger partial charge is 0.264 e. The highest BCUT2D eigenvalue weighted by atomic mass is 35.5. The number of hydrogen-bond donors (Lipinski definition) is 2. The van der Waals surface area contributed by atoms with Crippen LogP contribution in [-0.2, 0) is 9.59 Å². The molecule has 1 aliphatic heterocycles. The lowest BCUT2D eigenvalue weighted by molar-refractivity contribution is -0.118. The van der Waals surface area contributed by atoms with Gasteiger partial charge in [0.05, 0.1) is 15.0 Å². The van der Waals surface area contributed by atoms with Crippen molar-refractivity contribution < 1.29 is 9.59 Å². The molecule has 2 rings (SSSR count). The number of benzene rings is 1. The Morgan fingerprint density at radius 1 is 1.43 bits per heavy atom. The summed E-state index contributed by atoms with van der Waals surface area (Å²) >= 11 is 13.1. The molecule has 1 heterocycles. The molecule has 2 N–H and O–H groups in total. The summed E-state index contributed by atoms with van der Waals surface area (Å²) in [7, 11) is 0. The molecule has 1 aromatic carbocycles. The van der Waals surface area contributed by atoms with E-state index in [1.54, 1.807) is 25.1 Å². The molecule has 1 saturated heterocycles. The number of carbonyl (C=O) groups excluding carboxylic acids is 2. The molecule has 0 bridgehead atoms. The number of thioether (sulfide) groups is 1. The minimum atomic E-state index is -0.401. The van der Waals surface area contributed by atoms with E-state index < -0.39 is 5.91 Å². The van der Waals surface area contributed by atoms with Crippen LogP contribution < -0.4 is 10.6 Å². The first-order valence-corrected chi connectivity index (χ1v) is 8.10. The van der Waals surface area contributed by atoms with Crippen molar-refractivity contribution in [1.29, 1.82) is 0 Å². The molecule has 120 valence electrons. The number of hydrogen-bond acceptors (Lipinski definition) is 4. The monoisotopic (exact) mass is 369 g/mol. The number of rotatable bonds is 4.